The van der Waals surface area contributed by atoms with Gasteiger partial charge in [-0.1, -0.05) is 12.1 Å². The number of rotatable bonds is 4. The predicted octanol–water partition coefficient (Wildman–Crippen LogP) is 5.26. The number of nitrogens with one attached hydrogen (secondary N) is 1. The molecule has 1 N–H and O–H groups in total. The van der Waals surface area contributed by atoms with Crippen LogP contribution in [-0.4, -0.2) is 14.7 Å². The molecule has 0 radical (unpaired) electrons. The fourth-order valence-electron chi connectivity index (χ4n) is 3.99. The lowest BCUT2D eigenvalue weighted by molar-refractivity contribution is 0.560. The Morgan fingerprint density at radius 3 is 2.43 bits per heavy atom. The van der Waals surface area contributed by atoms with Crippen LogP contribution in [-0.2, 0) is 0 Å². The van der Waals surface area contributed by atoms with Crippen LogP contribution in [0, 0.1) is 13.8 Å². The molecule has 144 valence electrons. The fraction of sp³-hybridized carbons (Fsp3) is 0.304. The number of hydrogen-bond donors (Lipinski definition) is 1. The van der Waals surface area contributed by atoms with Crippen molar-refractivity contribution in [3.63, 3.8) is 0 Å². The van der Waals surface area contributed by atoms with Gasteiger partial charge in [-0.3, -0.25) is 4.98 Å². The highest BCUT2D eigenvalue weighted by molar-refractivity contribution is 7.80. The van der Waals surface area contributed by atoms with Gasteiger partial charge in [-0.15, -0.1) is 0 Å². The minimum atomic E-state index is -0.00229. The highest BCUT2D eigenvalue weighted by atomic mass is 32.1. The largest absolute Gasteiger partial charge is 0.351 e. The molecule has 4 rings (SSSR count). The summed E-state index contributed by atoms with van der Waals surface area (Å²) in [5.41, 5.74) is 5.82. The molecule has 3 heterocycles. The number of anilines is 1. The van der Waals surface area contributed by atoms with E-state index in [2.05, 4.69) is 90.2 Å². The molecule has 2 aromatic heterocycles. The molecule has 1 fully saturated rings. The van der Waals surface area contributed by atoms with Crippen LogP contribution in [0.5, 0.6) is 0 Å². The normalized spacial score (nSPS) is 19.3. The van der Waals surface area contributed by atoms with E-state index in [1.165, 1.54) is 16.7 Å². The average molecular weight is 391 g/mol. The summed E-state index contributed by atoms with van der Waals surface area (Å²) in [4.78, 5) is 6.87. The lowest BCUT2D eigenvalue weighted by atomic mass is 9.98. The Balaban J connectivity index is 1.84. The third kappa shape index (κ3) is 3.42. The monoisotopic (exact) mass is 390 g/mol. The highest BCUT2D eigenvalue weighted by Gasteiger charge is 2.41. The summed E-state index contributed by atoms with van der Waals surface area (Å²) < 4.78 is 2.24. The smallest absolute Gasteiger partial charge is 0.174 e. The molecule has 1 aromatic carbocycles. The third-order valence-electron chi connectivity index (χ3n) is 5.26. The Labute approximate surface area is 172 Å². The lowest BCUT2D eigenvalue weighted by Gasteiger charge is -2.28. The zero-order valence-corrected chi connectivity index (χ0v) is 17.6. The van der Waals surface area contributed by atoms with Gasteiger partial charge in [0, 0.05) is 30.3 Å². The molecular weight excluding hydrogens is 364 g/mol. The Morgan fingerprint density at radius 1 is 1.07 bits per heavy atom. The number of aryl methyl sites for hydroxylation is 2. The first-order chi connectivity index (χ1) is 13.4. The van der Waals surface area contributed by atoms with E-state index in [9.17, 15) is 0 Å². The number of aromatic nitrogens is 2. The predicted molar refractivity (Wildman–Crippen MR) is 119 cm³/mol. The molecule has 0 aliphatic carbocycles. The summed E-state index contributed by atoms with van der Waals surface area (Å²) in [7, 11) is 0. The Bertz CT molecular complexity index is 973. The molecular formula is C23H26N4S. The van der Waals surface area contributed by atoms with E-state index in [-0.39, 0.29) is 12.1 Å². The SMILES string of the molecule is Cc1cc(C)cc(N2C(=S)N[C@@H](c3ccccn3)[C@@H]2c2ccn(C(C)C)c2)c1. The van der Waals surface area contributed by atoms with Crippen LogP contribution in [0.15, 0.2) is 61.1 Å². The lowest BCUT2D eigenvalue weighted by Crippen LogP contribution is -2.29. The summed E-state index contributed by atoms with van der Waals surface area (Å²) >= 11 is 5.80. The van der Waals surface area contributed by atoms with Crippen LogP contribution in [0.3, 0.4) is 0 Å². The van der Waals surface area contributed by atoms with Gasteiger partial charge in [0.25, 0.3) is 0 Å². The fourth-order valence-corrected chi connectivity index (χ4v) is 4.33. The molecule has 4 nitrogen and oxygen atoms in total. The molecule has 0 spiro atoms. The van der Waals surface area contributed by atoms with E-state index in [4.69, 9.17) is 12.2 Å². The standard InChI is InChI=1S/C23H26N4S/c1-15(2)26-10-8-18(14-26)22-21(20-7-5-6-9-24-20)25-23(28)27(22)19-12-16(3)11-17(4)13-19/h5-15,21-22H,1-4H3,(H,25,28)/t21-,22-/m0/s1. The van der Waals surface area contributed by atoms with E-state index in [0.29, 0.717) is 6.04 Å². The van der Waals surface area contributed by atoms with E-state index in [0.717, 1.165) is 16.5 Å². The second kappa shape index (κ2) is 7.40. The van der Waals surface area contributed by atoms with Crippen LogP contribution in [0.25, 0.3) is 0 Å². The maximum Gasteiger partial charge on any atom is 0.174 e. The van der Waals surface area contributed by atoms with Crippen LogP contribution in [0.4, 0.5) is 5.69 Å². The third-order valence-corrected chi connectivity index (χ3v) is 5.57. The quantitative estimate of drug-likeness (QED) is 0.616. The number of benzene rings is 1. The molecule has 2 atom stereocenters. The van der Waals surface area contributed by atoms with Gasteiger partial charge in [0.1, 0.15) is 0 Å². The minimum absolute atomic E-state index is 0.00229. The summed E-state index contributed by atoms with van der Waals surface area (Å²) in [6.45, 7) is 8.64. The first kappa shape index (κ1) is 18.7. The molecule has 1 aliphatic heterocycles. The molecule has 0 bridgehead atoms. The van der Waals surface area contributed by atoms with Crippen molar-refractivity contribution in [2.45, 2.75) is 45.8 Å². The van der Waals surface area contributed by atoms with Crippen molar-refractivity contribution in [1.29, 1.82) is 0 Å². The second-order valence-electron chi connectivity index (χ2n) is 7.83. The average Bonchev–Trinajstić information content (AvgIpc) is 3.26. The molecule has 0 saturated carbocycles. The van der Waals surface area contributed by atoms with Gasteiger partial charge in [-0.05, 0) is 86.9 Å². The first-order valence-electron chi connectivity index (χ1n) is 9.70. The number of nitrogens with zero attached hydrogens (tertiary/aromatic N) is 3. The van der Waals surface area contributed by atoms with Gasteiger partial charge in [0.15, 0.2) is 5.11 Å². The van der Waals surface area contributed by atoms with Gasteiger partial charge >= 0.3 is 0 Å². The van der Waals surface area contributed by atoms with Crippen molar-refractivity contribution in [1.82, 2.24) is 14.9 Å². The second-order valence-corrected chi connectivity index (χ2v) is 8.22. The summed E-state index contributed by atoms with van der Waals surface area (Å²) in [6.07, 6.45) is 6.23. The summed E-state index contributed by atoms with van der Waals surface area (Å²) in [5.74, 6) is 0. The first-order valence-corrected chi connectivity index (χ1v) is 10.1. The minimum Gasteiger partial charge on any atom is -0.351 e. The zero-order chi connectivity index (χ0) is 19.8. The van der Waals surface area contributed by atoms with Gasteiger partial charge in [0.05, 0.1) is 17.8 Å². The summed E-state index contributed by atoms with van der Waals surface area (Å²) in [6, 6.07) is 15.3. The number of thiocarbonyl (C=S) groups is 1. The van der Waals surface area contributed by atoms with Gasteiger partial charge in [0.2, 0.25) is 0 Å². The molecule has 1 aliphatic rings. The van der Waals surface area contributed by atoms with Gasteiger partial charge in [-0.25, -0.2) is 0 Å². The van der Waals surface area contributed by atoms with Crippen molar-refractivity contribution in [2.75, 3.05) is 4.90 Å². The molecule has 0 unspecified atom stereocenters. The topological polar surface area (TPSA) is 33.1 Å². The molecule has 5 heteroatoms. The van der Waals surface area contributed by atoms with Crippen LogP contribution < -0.4 is 10.2 Å². The van der Waals surface area contributed by atoms with Crippen molar-refractivity contribution in [3.05, 3.63) is 83.4 Å². The Morgan fingerprint density at radius 2 is 1.82 bits per heavy atom. The maximum atomic E-state index is 5.80. The van der Waals surface area contributed by atoms with Gasteiger partial charge in [-0.2, -0.15) is 0 Å². The van der Waals surface area contributed by atoms with Crippen LogP contribution in [0.1, 0.15) is 54.4 Å². The van der Waals surface area contributed by atoms with Crippen molar-refractivity contribution >= 4 is 23.0 Å². The Kier molecular flexibility index (Phi) is 4.94. The van der Waals surface area contributed by atoms with Crippen molar-refractivity contribution in [3.8, 4) is 0 Å². The Hall–Kier alpha value is -2.66. The van der Waals surface area contributed by atoms with E-state index in [1.54, 1.807) is 0 Å². The number of hydrogen-bond acceptors (Lipinski definition) is 2. The van der Waals surface area contributed by atoms with Crippen molar-refractivity contribution < 1.29 is 0 Å². The van der Waals surface area contributed by atoms with Crippen molar-refractivity contribution in [2.24, 2.45) is 0 Å². The van der Waals surface area contributed by atoms with E-state index in [1.807, 2.05) is 18.3 Å². The molecule has 3 aromatic rings. The van der Waals surface area contributed by atoms with E-state index < -0.39 is 0 Å². The molecule has 1 saturated heterocycles. The summed E-state index contributed by atoms with van der Waals surface area (Å²) in [5, 5.41) is 4.27. The van der Waals surface area contributed by atoms with Gasteiger partial charge < -0.3 is 14.8 Å². The van der Waals surface area contributed by atoms with Crippen LogP contribution >= 0.6 is 12.2 Å². The van der Waals surface area contributed by atoms with E-state index >= 15 is 0 Å². The molecule has 28 heavy (non-hydrogen) atoms. The zero-order valence-electron chi connectivity index (χ0n) is 16.8. The highest BCUT2D eigenvalue weighted by Crippen LogP contribution is 2.42. The van der Waals surface area contributed by atoms with Crippen LogP contribution in [0.2, 0.25) is 0 Å². The molecule has 0 amide bonds. The number of pyridine rings is 1. The maximum absolute atomic E-state index is 5.80.